The molecule has 0 atom stereocenters. The summed E-state index contributed by atoms with van der Waals surface area (Å²) in [4.78, 5) is 30.2. The van der Waals surface area contributed by atoms with Gasteiger partial charge in [-0.3, -0.25) is 19.7 Å². The molecule has 0 amide bonds. The quantitative estimate of drug-likeness (QED) is 0.255. The molecule has 0 fully saturated rings. The first-order valence-electron chi connectivity index (χ1n) is 5.31. The first kappa shape index (κ1) is 17.8. The number of ether oxygens (including phenoxy) is 1. The number of carboxylic acids is 1. The highest BCUT2D eigenvalue weighted by molar-refractivity contribution is 6.57. The van der Waals surface area contributed by atoms with Crippen molar-refractivity contribution in [3.63, 3.8) is 0 Å². The fourth-order valence-electron chi connectivity index (χ4n) is 0.914. The van der Waals surface area contributed by atoms with Gasteiger partial charge in [0.05, 0.1) is 20.2 Å². The van der Waals surface area contributed by atoms with E-state index in [2.05, 4.69) is 14.5 Å². The third kappa shape index (κ3) is 8.03. The molecule has 110 valence electrons. The molecule has 1 aromatic rings. The topological polar surface area (TPSA) is 146 Å². The molecular weight excluding hydrogens is 273 g/mol. The molecule has 0 aliphatic carbocycles. The highest BCUT2D eigenvalue weighted by atomic mass is 16.5. The van der Waals surface area contributed by atoms with Gasteiger partial charge in [0.15, 0.2) is 12.0 Å². The predicted octanol–water partition coefficient (Wildman–Crippen LogP) is -2.39. The van der Waals surface area contributed by atoms with Crippen molar-refractivity contribution in [2.45, 2.75) is 0 Å². The van der Waals surface area contributed by atoms with Crippen LogP contribution in [0, 0.1) is 0 Å². The number of furan rings is 1. The molecular formula is C10H14BNO8. The average molecular weight is 287 g/mol. The Labute approximate surface area is 114 Å². The van der Waals surface area contributed by atoms with Gasteiger partial charge in [0, 0.05) is 0 Å². The maximum Gasteiger partial charge on any atom is 0.526 e. The fraction of sp³-hybridized carbons (Fsp3) is 0.300. The van der Waals surface area contributed by atoms with Gasteiger partial charge < -0.3 is 24.3 Å². The number of methoxy groups -OCH3 is 1. The summed E-state index contributed by atoms with van der Waals surface area (Å²) >= 11 is 0. The number of carbonyl (C=O) groups excluding carboxylic acids is 2. The van der Waals surface area contributed by atoms with E-state index in [0.717, 1.165) is 0 Å². The third-order valence-corrected chi connectivity index (χ3v) is 1.79. The highest BCUT2D eigenvalue weighted by Crippen LogP contribution is 1.93. The summed E-state index contributed by atoms with van der Waals surface area (Å²) in [6, 6.07) is 2.69. The Kier molecular flexibility index (Phi) is 8.67. The number of hydrogen-bond acceptors (Lipinski definition) is 8. The van der Waals surface area contributed by atoms with Gasteiger partial charge in [-0.2, -0.15) is 0 Å². The van der Waals surface area contributed by atoms with Crippen LogP contribution < -0.4 is 11.0 Å². The maximum atomic E-state index is 10.3. The largest absolute Gasteiger partial charge is 0.526 e. The summed E-state index contributed by atoms with van der Waals surface area (Å²) in [5.41, 5.74) is -0.0258. The zero-order chi connectivity index (χ0) is 15.5. The molecule has 10 heteroatoms. The smallest absolute Gasteiger partial charge is 0.480 e. The van der Waals surface area contributed by atoms with Crippen LogP contribution in [0.4, 0.5) is 0 Å². The van der Waals surface area contributed by atoms with Crippen molar-refractivity contribution < 1.29 is 38.7 Å². The molecule has 0 spiro atoms. The van der Waals surface area contributed by atoms with Crippen LogP contribution in [0.1, 0.15) is 10.6 Å². The van der Waals surface area contributed by atoms with E-state index in [1.54, 1.807) is 0 Å². The Hall–Kier alpha value is -2.17. The van der Waals surface area contributed by atoms with E-state index in [9.17, 15) is 14.4 Å². The van der Waals surface area contributed by atoms with Crippen LogP contribution in [0.25, 0.3) is 0 Å². The first-order valence-corrected chi connectivity index (χ1v) is 5.31. The van der Waals surface area contributed by atoms with Gasteiger partial charge in [0.2, 0.25) is 0 Å². The van der Waals surface area contributed by atoms with E-state index in [4.69, 9.17) is 15.2 Å². The minimum atomic E-state index is -1.64. The zero-order valence-electron chi connectivity index (χ0n) is 10.6. The second-order valence-electron chi connectivity index (χ2n) is 3.31. The van der Waals surface area contributed by atoms with Crippen LogP contribution in [-0.2, 0) is 14.3 Å². The van der Waals surface area contributed by atoms with Crippen LogP contribution in [-0.4, -0.2) is 60.7 Å². The van der Waals surface area contributed by atoms with Crippen LogP contribution in [0.15, 0.2) is 16.5 Å². The van der Waals surface area contributed by atoms with Crippen molar-refractivity contribution in [2.24, 2.45) is 0 Å². The normalized spacial score (nSPS) is 9.15. The Bertz CT molecular complexity index is 444. The summed E-state index contributed by atoms with van der Waals surface area (Å²) in [6.45, 7) is -0.294. The van der Waals surface area contributed by atoms with Crippen molar-refractivity contribution >= 4 is 31.0 Å². The minimum Gasteiger partial charge on any atom is -0.480 e. The molecule has 20 heavy (non-hydrogen) atoms. The summed E-state index contributed by atoms with van der Waals surface area (Å²) in [5, 5.41) is 27.4. The average Bonchev–Trinajstić information content (AvgIpc) is 2.87. The number of hydrogen-bond donors (Lipinski definition) is 4. The van der Waals surface area contributed by atoms with E-state index in [0.29, 0.717) is 6.29 Å². The van der Waals surface area contributed by atoms with E-state index < -0.39 is 19.1 Å². The molecule has 1 heterocycles. The van der Waals surface area contributed by atoms with Crippen molar-refractivity contribution in [2.75, 3.05) is 20.2 Å². The highest BCUT2D eigenvalue weighted by Gasteiger charge is 2.15. The summed E-state index contributed by atoms with van der Waals surface area (Å²) in [5.74, 6) is -1.38. The molecule has 4 N–H and O–H groups in total. The van der Waals surface area contributed by atoms with Crippen molar-refractivity contribution in [3.05, 3.63) is 17.9 Å². The molecule has 0 bridgehead atoms. The molecule has 9 nitrogen and oxygen atoms in total. The van der Waals surface area contributed by atoms with Gasteiger partial charge in [0.1, 0.15) is 5.66 Å². The van der Waals surface area contributed by atoms with E-state index in [1.165, 1.54) is 19.2 Å². The summed E-state index contributed by atoms with van der Waals surface area (Å²) in [6.07, 6.45) is 0.492. The number of esters is 1. The van der Waals surface area contributed by atoms with Gasteiger partial charge in [-0.15, -0.1) is 0 Å². The van der Waals surface area contributed by atoms with E-state index >= 15 is 0 Å². The Balaban J connectivity index is 0.000000361. The zero-order valence-corrected chi connectivity index (χ0v) is 10.6. The summed E-state index contributed by atoms with van der Waals surface area (Å²) in [7, 11) is -0.404. The van der Waals surface area contributed by atoms with Gasteiger partial charge in [0.25, 0.3) is 0 Å². The number of rotatable bonds is 6. The molecule has 0 aliphatic rings. The van der Waals surface area contributed by atoms with Crippen LogP contribution in [0.3, 0.4) is 0 Å². The van der Waals surface area contributed by atoms with Crippen molar-refractivity contribution in [1.29, 1.82) is 0 Å². The number of nitrogens with one attached hydrogen (secondary N) is 1. The van der Waals surface area contributed by atoms with E-state index in [-0.39, 0.29) is 24.5 Å². The lowest BCUT2D eigenvalue weighted by atomic mass is 9.88. The standard InChI is InChI=1S/C5H5BO4.C5H9NO4/c7-3-4-1-2-5(10-4)6(8)9;1-10-5(9)3-6-2-4(7)8/h1-3,8-9H;6H,2-3H2,1H3,(H,7,8). The second kappa shape index (κ2) is 9.72. The Morgan fingerprint density at radius 1 is 1.40 bits per heavy atom. The monoisotopic (exact) mass is 287 g/mol. The summed E-state index contributed by atoms with van der Waals surface area (Å²) < 4.78 is 8.86. The third-order valence-electron chi connectivity index (χ3n) is 1.79. The SMILES string of the molecule is COC(=O)CNCC(=O)O.O=Cc1ccc(B(O)O)o1. The van der Waals surface area contributed by atoms with E-state index in [1.807, 2.05) is 0 Å². The number of aldehydes is 1. The Morgan fingerprint density at radius 3 is 2.40 bits per heavy atom. The minimum absolute atomic E-state index is 0.0258. The fourth-order valence-corrected chi connectivity index (χ4v) is 0.914. The first-order chi connectivity index (χ1) is 9.40. The molecule has 1 rings (SSSR count). The van der Waals surface area contributed by atoms with Crippen molar-refractivity contribution in [3.8, 4) is 0 Å². The molecule has 0 saturated carbocycles. The molecule has 0 unspecified atom stereocenters. The van der Waals surface area contributed by atoms with Gasteiger partial charge in [-0.05, 0) is 12.1 Å². The van der Waals surface area contributed by atoms with Gasteiger partial charge >= 0.3 is 19.1 Å². The van der Waals surface area contributed by atoms with Crippen LogP contribution in [0.5, 0.6) is 0 Å². The number of carboxylic acid groups (broad SMARTS) is 1. The lowest BCUT2D eigenvalue weighted by Gasteiger charge is -1.97. The molecule has 0 aliphatic heterocycles. The molecule has 0 radical (unpaired) electrons. The van der Waals surface area contributed by atoms with Gasteiger partial charge in [-0.25, -0.2) is 0 Å². The number of carbonyl (C=O) groups is 3. The number of aliphatic carboxylic acids is 1. The Morgan fingerprint density at radius 2 is 2.05 bits per heavy atom. The predicted molar refractivity (Wildman–Crippen MR) is 66.4 cm³/mol. The van der Waals surface area contributed by atoms with Crippen LogP contribution >= 0.6 is 0 Å². The van der Waals surface area contributed by atoms with Gasteiger partial charge in [-0.1, -0.05) is 0 Å². The maximum absolute atomic E-state index is 10.3. The van der Waals surface area contributed by atoms with Crippen molar-refractivity contribution in [1.82, 2.24) is 5.32 Å². The molecule has 0 aromatic carbocycles. The lowest BCUT2D eigenvalue weighted by molar-refractivity contribution is -0.140. The second-order valence-corrected chi connectivity index (χ2v) is 3.31. The molecule has 0 saturated heterocycles. The molecule has 1 aromatic heterocycles. The van der Waals surface area contributed by atoms with Crippen LogP contribution in [0.2, 0.25) is 0 Å². The lowest BCUT2D eigenvalue weighted by Crippen LogP contribution is -2.28.